The Hall–Kier alpha value is -2.66. The van der Waals surface area contributed by atoms with Crippen LogP contribution in [-0.2, 0) is 9.59 Å². The number of nitriles is 1. The molecular weight excluding hydrogens is 374 g/mol. The second-order valence-corrected chi connectivity index (χ2v) is 7.60. The number of carbonyl (C=O) groups is 2. The van der Waals surface area contributed by atoms with Gasteiger partial charge in [0, 0.05) is 25.3 Å². The van der Waals surface area contributed by atoms with Crippen molar-refractivity contribution in [2.24, 2.45) is 0 Å². The summed E-state index contributed by atoms with van der Waals surface area (Å²) in [5, 5.41) is 15.4. The van der Waals surface area contributed by atoms with Crippen molar-refractivity contribution in [3.63, 3.8) is 0 Å². The summed E-state index contributed by atoms with van der Waals surface area (Å²) in [4.78, 5) is 28.9. The third kappa shape index (κ3) is 5.20. The van der Waals surface area contributed by atoms with Gasteiger partial charge < -0.3 is 20.4 Å². The van der Waals surface area contributed by atoms with E-state index >= 15 is 0 Å². The van der Waals surface area contributed by atoms with E-state index < -0.39 is 6.04 Å². The molecule has 148 valence electrons. The minimum atomic E-state index is -0.451. The quantitative estimate of drug-likeness (QED) is 0.752. The molecule has 0 radical (unpaired) electrons. The molecule has 0 saturated carbocycles. The molecule has 2 aliphatic rings. The molecule has 1 aromatic carbocycles. The van der Waals surface area contributed by atoms with Crippen LogP contribution in [0.15, 0.2) is 24.3 Å². The minimum Gasteiger partial charge on any atom is -0.351 e. The van der Waals surface area contributed by atoms with Crippen molar-refractivity contribution in [3.8, 4) is 6.07 Å². The summed E-state index contributed by atoms with van der Waals surface area (Å²) >= 11 is 5.36. The molecule has 28 heavy (non-hydrogen) atoms. The summed E-state index contributed by atoms with van der Waals surface area (Å²) in [7, 11) is 0. The topological polar surface area (TPSA) is 88.5 Å². The predicted molar refractivity (Wildman–Crippen MR) is 111 cm³/mol. The predicted octanol–water partition coefficient (Wildman–Crippen LogP) is 1.85. The van der Waals surface area contributed by atoms with Crippen molar-refractivity contribution >= 4 is 34.8 Å². The fourth-order valence-electron chi connectivity index (χ4n) is 3.62. The van der Waals surface area contributed by atoms with Gasteiger partial charge in [-0.3, -0.25) is 9.59 Å². The van der Waals surface area contributed by atoms with E-state index in [2.05, 4.69) is 16.7 Å². The summed E-state index contributed by atoms with van der Waals surface area (Å²) in [5.41, 5.74) is 1.23. The first-order valence-electron chi connectivity index (χ1n) is 9.71. The normalized spacial score (nSPS) is 19.7. The van der Waals surface area contributed by atoms with Crippen LogP contribution in [0.1, 0.15) is 37.7 Å². The molecule has 2 fully saturated rings. The average molecular weight is 400 g/mol. The number of likely N-dealkylation sites (tertiary alicyclic amines) is 2. The lowest BCUT2D eigenvalue weighted by atomic mass is 10.1. The van der Waals surface area contributed by atoms with E-state index in [1.165, 1.54) is 0 Å². The maximum absolute atomic E-state index is 12.9. The average Bonchev–Trinajstić information content (AvgIpc) is 3.18. The van der Waals surface area contributed by atoms with Crippen LogP contribution in [0.5, 0.6) is 0 Å². The van der Waals surface area contributed by atoms with Crippen molar-refractivity contribution in [2.45, 2.75) is 38.1 Å². The highest BCUT2D eigenvalue weighted by molar-refractivity contribution is 7.80. The first-order valence-corrected chi connectivity index (χ1v) is 10.1. The van der Waals surface area contributed by atoms with Gasteiger partial charge in [0.15, 0.2) is 5.11 Å². The molecule has 0 aromatic heterocycles. The highest BCUT2D eigenvalue weighted by atomic mass is 32.1. The van der Waals surface area contributed by atoms with Crippen LogP contribution in [0.2, 0.25) is 0 Å². The Kier molecular flexibility index (Phi) is 6.82. The van der Waals surface area contributed by atoms with E-state index in [1.54, 1.807) is 23.1 Å². The van der Waals surface area contributed by atoms with Crippen molar-refractivity contribution in [1.82, 2.24) is 15.1 Å². The van der Waals surface area contributed by atoms with Crippen LogP contribution < -0.4 is 10.6 Å². The number of nitrogens with zero attached hydrogens (tertiary/aromatic N) is 3. The van der Waals surface area contributed by atoms with E-state index in [1.807, 2.05) is 11.0 Å². The molecular formula is C20H25N5O2S. The van der Waals surface area contributed by atoms with E-state index in [9.17, 15) is 9.59 Å². The monoisotopic (exact) mass is 399 g/mol. The molecule has 1 atom stereocenters. The molecule has 1 unspecified atom stereocenters. The van der Waals surface area contributed by atoms with E-state index in [-0.39, 0.29) is 18.4 Å². The van der Waals surface area contributed by atoms with Gasteiger partial charge in [-0.1, -0.05) is 6.07 Å². The van der Waals surface area contributed by atoms with Crippen LogP contribution in [0, 0.1) is 11.3 Å². The van der Waals surface area contributed by atoms with Gasteiger partial charge in [-0.25, -0.2) is 0 Å². The summed E-state index contributed by atoms with van der Waals surface area (Å²) < 4.78 is 0. The first-order chi connectivity index (χ1) is 13.6. The van der Waals surface area contributed by atoms with Gasteiger partial charge in [-0.05, 0) is 62.5 Å². The van der Waals surface area contributed by atoms with Crippen molar-refractivity contribution in [3.05, 3.63) is 29.8 Å². The van der Waals surface area contributed by atoms with E-state index in [0.29, 0.717) is 29.3 Å². The third-order valence-corrected chi connectivity index (χ3v) is 5.34. The molecule has 1 aromatic rings. The zero-order chi connectivity index (χ0) is 19.9. The van der Waals surface area contributed by atoms with Crippen molar-refractivity contribution < 1.29 is 9.59 Å². The minimum absolute atomic E-state index is 0.0283. The molecule has 2 aliphatic heterocycles. The molecule has 7 nitrogen and oxygen atoms in total. The van der Waals surface area contributed by atoms with E-state index in [0.717, 1.165) is 38.8 Å². The van der Waals surface area contributed by atoms with Gasteiger partial charge in [0.2, 0.25) is 11.8 Å². The van der Waals surface area contributed by atoms with Crippen molar-refractivity contribution in [2.75, 3.05) is 31.5 Å². The lowest BCUT2D eigenvalue weighted by molar-refractivity contribution is -0.140. The molecule has 8 heteroatoms. The fourth-order valence-corrected chi connectivity index (χ4v) is 3.88. The Labute approximate surface area is 170 Å². The van der Waals surface area contributed by atoms with Gasteiger partial charge in [0.1, 0.15) is 6.04 Å². The lowest BCUT2D eigenvalue weighted by Gasteiger charge is -2.27. The smallest absolute Gasteiger partial charge is 0.245 e. The van der Waals surface area contributed by atoms with Gasteiger partial charge in [0.05, 0.1) is 18.2 Å². The Morgan fingerprint density at radius 2 is 1.96 bits per heavy atom. The zero-order valence-electron chi connectivity index (χ0n) is 15.8. The number of nitrogens with one attached hydrogen (secondary N) is 2. The van der Waals surface area contributed by atoms with Crippen LogP contribution in [0.25, 0.3) is 0 Å². The van der Waals surface area contributed by atoms with Crippen LogP contribution in [0.4, 0.5) is 5.69 Å². The first kappa shape index (κ1) is 20.1. The number of benzene rings is 1. The Bertz CT molecular complexity index is 785. The summed E-state index contributed by atoms with van der Waals surface area (Å²) in [6.07, 6.45) is 4.52. The molecule has 0 bridgehead atoms. The van der Waals surface area contributed by atoms with Gasteiger partial charge >= 0.3 is 0 Å². The number of hydrogen-bond donors (Lipinski definition) is 2. The largest absolute Gasteiger partial charge is 0.351 e. The molecule has 2 N–H and O–H groups in total. The SMILES string of the molecule is N#Cc1cccc(NC(=S)NC2CCCCN(CC(=O)N3CCCC3)C2=O)c1. The number of carbonyl (C=O) groups excluding carboxylic acids is 2. The van der Waals surface area contributed by atoms with Crippen LogP contribution in [0.3, 0.4) is 0 Å². The maximum atomic E-state index is 12.9. The van der Waals surface area contributed by atoms with Crippen LogP contribution >= 0.6 is 12.2 Å². The van der Waals surface area contributed by atoms with Crippen molar-refractivity contribution in [1.29, 1.82) is 5.26 Å². The number of anilines is 1. The number of hydrogen-bond acceptors (Lipinski definition) is 4. The van der Waals surface area contributed by atoms with Gasteiger partial charge in [-0.2, -0.15) is 5.26 Å². The molecule has 2 amide bonds. The summed E-state index contributed by atoms with van der Waals surface area (Å²) in [5.74, 6) is -0.0551. The number of rotatable bonds is 4. The molecule has 0 aliphatic carbocycles. The number of amides is 2. The standard InChI is InChI=1S/C20H25N5O2S/c21-13-15-6-5-7-16(12-15)22-20(28)23-17-8-1-2-11-25(19(17)27)14-18(26)24-9-3-4-10-24/h5-7,12,17H,1-4,8-11,14H2,(H2,22,23,28). The summed E-state index contributed by atoms with van der Waals surface area (Å²) in [6, 6.07) is 8.63. The maximum Gasteiger partial charge on any atom is 0.245 e. The van der Waals surface area contributed by atoms with Crippen LogP contribution in [-0.4, -0.2) is 58.9 Å². The molecule has 2 saturated heterocycles. The number of thiocarbonyl (C=S) groups is 1. The zero-order valence-corrected chi connectivity index (χ0v) is 16.6. The Balaban J connectivity index is 1.58. The fraction of sp³-hybridized carbons (Fsp3) is 0.500. The second kappa shape index (κ2) is 9.51. The Morgan fingerprint density at radius 3 is 2.71 bits per heavy atom. The molecule has 2 heterocycles. The third-order valence-electron chi connectivity index (χ3n) is 5.12. The highest BCUT2D eigenvalue weighted by Crippen LogP contribution is 2.15. The Morgan fingerprint density at radius 1 is 1.21 bits per heavy atom. The van der Waals surface area contributed by atoms with Gasteiger partial charge in [0.25, 0.3) is 0 Å². The molecule has 0 spiro atoms. The second-order valence-electron chi connectivity index (χ2n) is 7.19. The van der Waals surface area contributed by atoms with E-state index in [4.69, 9.17) is 17.5 Å². The highest BCUT2D eigenvalue weighted by Gasteiger charge is 2.30. The lowest BCUT2D eigenvalue weighted by Crippen LogP contribution is -2.51. The van der Waals surface area contributed by atoms with Gasteiger partial charge in [-0.15, -0.1) is 0 Å². The summed E-state index contributed by atoms with van der Waals surface area (Å²) in [6.45, 7) is 2.32. The molecule has 3 rings (SSSR count).